The van der Waals surface area contributed by atoms with E-state index in [4.69, 9.17) is 27.1 Å². The summed E-state index contributed by atoms with van der Waals surface area (Å²) in [5.74, 6) is -1.21. The van der Waals surface area contributed by atoms with Crippen LogP contribution in [0.2, 0.25) is 5.02 Å². The molecule has 0 aliphatic carbocycles. The highest BCUT2D eigenvalue weighted by Crippen LogP contribution is 2.43. The van der Waals surface area contributed by atoms with Crippen molar-refractivity contribution >= 4 is 44.9 Å². The summed E-state index contributed by atoms with van der Waals surface area (Å²) in [6.07, 6.45) is 3.23. The minimum atomic E-state index is -0.917. The van der Waals surface area contributed by atoms with E-state index in [1.54, 1.807) is 24.3 Å². The monoisotopic (exact) mass is 623 g/mol. The van der Waals surface area contributed by atoms with Crippen LogP contribution in [-0.2, 0) is 0 Å². The topological polar surface area (TPSA) is 92.4 Å². The van der Waals surface area contributed by atoms with Gasteiger partial charge in [-0.1, -0.05) is 23.7 Å². The second kappa shape index (κ2) is 10.1. The highest BCUT2D eigenvalue weighted by Gasteiger charge is 2.49. The molecule has 3 N–H and O–H groups in total. The molecule has 4 fully saturated rings. The standard InChI is InChI=1S/C32H33ClF3N7O/c1-31-8-6-19(41-31)14-42(15-31)29-20-11-22(35)25(28-24-17(10-23(37)38-28)4-2-5-21(24)33)26(36)27(20)39-30(40-29)44-16-32-7-3-9-43(32)13-18(34)12-32/h2,4-5,10-11,18-19,41H,3,6-9,12-16H2,1H3,(H2,37,38)/t18-,19+,31-,32+/m0/s1. The molecule has 0 radical (unpaired) electrons. The average Bonchev–Trinajstić information content (AvgIpc) is 3.59. The van der Waals surface area contributed by atoms with Crippen molar-refractivity contribution in [2.45, 2.75) is 62.3 Å². The molecule has 0 unspecified atom stereocenters. The molecule has 0 saturated carbocycles. The Morgan fingerprint density at radius 3 is 2.86 bits per heavy atom. The van der Waals surface area contributed by atoms with E-state index in [0.29, 0.717) is 47.7 Å². The van der Waals surface area contributed by atoms with Crippen LogP contribution in [0.25, 0.3) is 32.9 Å². The van der Waals surface area contributed by atoms with E-state index in [-0.39, 0.29) is 52.2 Å². The summed E-state index contributed by atoms with van der Waals surface area (Å²) in [6, 6.07) is 8.25. The van der Waals surface area contributed by atoms with Crippen LogP contribution in [0.4, 0.5) is 24.8 Å². The number of alkyl halides is 1. The first-order valence-electron chi connectivity index (χ1n) is 15.2. The molecule has 8 nitrogen and oxygen atoms in total. The number of halogens is 4. The lowest BCUT2D eigenvalue weighted by atomic mass is 9.95. The molecular formula is C32H33ClF3N7O. The average molecular weight is 624 g/mol. The lowest BCUT2D eigenvalue weighted by molar-refractivity contribution is 0.107. The number of rotatable bonds is 5. The van der Waals surface area contributed by atoms with Gasteiger partial charge in [-0.25, -0.2) is 18.2 Å². The summed E-state index contributed by atoms with van der Waals surface area (Å²) in [5.41, 5.74) is 5.03. The van der Waals surface area contributed by atoms with Crippen molar-refractivity contribution in [2.24, 2.45) is 0 Å². The molecule has 4 aliphatic rings. The number of nitrogens with one attached hydrogen (secondary N) is 1. The Hall–Kier alpha value is -3.41. The zero-order valence-corrected chi connectivity index (χ0v) is 25.1. The van der Waals surface area contributed by atoms with Crippen LogP contribution < -0.4 is 20.7 Å². The van der Waals surface area contributed by atoms with Crippen LogP contribution >= 0.6 is 11.6 Å². The van der Waals surface area contributed by atoms with Gasteiger partial charge in [0.2, 0.25) is 0 Å². The maximum Gasteiger partial charge on any atom is 0.319 e. The fourth-order valence-corrected chi connectivity index (χ4v) is 8.37. The molecule has 0 amide bonds. The first kappa shape index (κ1) is 28.1. The number of nitrogen functional groups attached to an aromatic ring is 1. The highest BCUT2D eigenvalue weighted by atomic mass is 35.5. The van der Waals surface area contributed by atoms with Crippen molar-refractivity contribution in [1.29, 1.82) is 0 Å². The van der Waals surface area contributed by atoms with Crippen molar-refractivity contribution in [3.8, 4) is 17.3 Å². The molecule has 4 saturated heterocycles. The third kappa shape index (κ3) is 4.46. The van der Waals surface area contributed by atoms with Crippen LogP contribution in [-0.4, -0.2) is 75.9 Å². The number of piperazine rings is 1. The van der Waals surface area contributed by atoms with E-state index in [0.717, 1.165) is 32.2 Å². The van der Waals surface area contributed by atoms with Gasteiger partial charge < -0.3 is 20.7 Å². The molecule has 8 rings (SSSR count). The smallest absolute Gasteiger partial charge is 0.319 e. The summed E-state index contributed by atoms with van der Waals surface area (Å²) >= 11 is 6.53. The Morgan fingerprint density at radius 1 is 1.16 bits per heavy atom. The molecule has 44 heavy (non-hydrogen) atoms. The number of nitrogens with two attached hydrogens (primary N) is 1. The lowest BCUT2D eigenvalue weighted by Gasteiger charge is -2.40. The number of nitrogens with zero attached hydrogens (tertiary/aromatic N) is 5. The first-order valence-corrected chi connectivity index (χ1v) is 15.6. The van der Waals surface area contributed by atoms with E-state index in [9.17, 15) is 4.39 Å². The quantitative estimate of drug-likeness (QED) is 0.295. The summed E-state index contributed by atoms with van der Waals surface area (Å²) in [6.45, 7) is 4.78. The number of ether oxygens (including phenoxy) is 1. The lowest BCUT2D eigenvalue weighted by Crippen LogP contribution is -2.58. The molecular weight excluding hydrogens is 591 g/mol. The number of hydrogen-bond acceptors (Lipinski definition) is 8. The molecule has 0 spiro atoms. The van der Waals surface area contributed by atoms with E-state index >= 15 is 8.78 Å². The van der Waals surface area contributed by atoms with Gasteiger partial charge in [0.25, 0.3) is 0 Å². The van der Waals surface area contributed by atoms with E-state index in [1.165, 1.54) is 6.07 Å². The predicted molar refractivity (Wildman–Crippen MR) is 165 cm³/mol. The molecule has 4 aromatic rings. The number of anilines is 2. The maximum atomic E-state index is 16.8. The first-order chi connectivity index (χ1) is 21.1. The second-order valence-corrected chi connectivity index (χ2v) is 13.6. The molecule has 2 aromatic carbocycles. The Bertz CT molecular complexity index is 1830. The third-order valence-corrected chi connectivity index (χ3v) is 10.3. The van der Waals surface area contributed by atoms with E-state index in [2.05, 4.69) is 32.0 Å². The summed E-state index contributed by atoms with van der Waals surface area (Å²) in [4.78, 5) is 17.8. The van der Waals surface area contributed by atoms with Crippen molar-refractivity contribution in [1.82, 2.24) is 25.2 Å². The van der Waals surface area contributed by atoms with Crippen molar-refractivity contribution in [2.75, 3.05) is 43.4 Å². The van der Waals surface area contributed by atoms with Crippen LogP contribution in [0.15, 0.2) is 30.3 Å². The van der Waals surface area contributed by atoms with Gasteiger partial charge in [-0.15, -0.1) is 0 Å². The van der Waals surface area contributed by atoms with Crippen molar-refractivity contribution in [3.05, 3.63) is 47.0 Å². The zero-order valence-electron chi connectivity index (χ0n) is 24.3. The van der Waals surface area contributed by atoms with Crippen molar-refractivity contribution in [3.63, 3.8) is 0 Å². The van der Waals surface area contributed by atoms with Gasteiger partial charge in [-0.05, 0) is 62.7 Å². The Morgan fingerprint density at radius 2 is 2.02 bits per heavy atom. The number of aromatic nitrogens is 3. The van der Waals surface area contributed by atoms with Crippen LogP contribution in [0.1, 0.15) is 39.0 Å². The van der Waals surface area contributed by atoms with Crippen LogP contribution in [0, 0.1) is 11.6 Å². The fourth-order valence-electron chi connectivity index (χ4n) is 8.10. The largest absolute Gasteiger partial charge is 0.461 e. The molecule has 4 atom stereocenters. The maximum absolute atomic E-state index is 16.8. The SMILES string of the molecule is C[C@]12CC[C@H](CN(c3nc(OC[C@]45CCCN4C[C@@H](F)C5)nc4c(F)c(-c5nc(N)cc6cccc(Cl)c56)c(F)cc34)C1)N2. The number of hydrogen-bond donors (Lipinski definition) is 2. The molecule has 6 heterocycles. The molecule has 4 aliphatic heterocycles. The number of fused-ring (bicyclic) bond motifs is 5. The van der Waals surface area contributed by atoms with Crippen molar-refractivity contribution < 1.29 is 17.9 Å². The molecule has 2 bridgehead atoms. The second-order valence-electron chi connectivity index (χ2n) is 13.2. The predicted octanol–water partition coefficient (Wildman–Crippen LogP) is 5.64. The van der Waals surface area contributed by atoms with Gasteiger partial charge in [0, 0.05) is 48.4 Å². The zero-order chi connectivity index (χ0) is 30.4. The van der Waals surface area contributed by atoms with Crippen LogP contribution in [0.3, 0.4) is 0 Å². The van der Waals surface area contributed by atoms with Gasteiger partial charge in [0.15, 0.2) is 5.82 Å². The normalized spacial score (nSPS) is 28.3. The Labute approximate surface area is 257 Å². The highest BCUT2D eigenvalue weighted by molar-refractivity contribution is 6.36. The van der Waals surface area contributed by atoms with Gasteiger partial charge in [0.05, 0.1) is 21.8 Å². The molecule has 2 aromatic heterocycles. The van der Waals surface area contributed by atoms with Gasteiger partial charge in [-0.3, -0.25) is 4.90 Å². The van der Waals surface area contributed by atoms with Gasteiger partial charge in [0.1, 0.15) is 35.7 Å². The minimum absolute atomic E-state index is 0.00158. The Kier molecular flexibility index (Phi) is 6.42. The van der Waals surface area contributed by atoms with E-state index in [1.807, 2.05) is 0 Å². The third-order valence-electron chi connectivity index (χ3n) is 10.0. The van der Waals surface area contributed by atoms with Gasteiger partial charge in [-0.2, -0.15) is 9.97 Å². The Balaban J connectivity index is 1.29. The molecule has 230 valence electrons. The summed E-state index contributed by atoms with van der Waals surface area (Å²) in [5, 5.41) is 5.20. The minimum Gasteiger partial charge on any atom is -0.461 e. The summed E-state index contributed by atoms with van der Waals surface area (Å²) in [7, 11) is 0. The van der Waals surface area contributed by atoms with Gasteiger partial charge >= 0.3 is 6.01 Å². The fraction of sp³-hybridized carbons (Fsp3) is 0.469. The number of benzene rings is 2. The van der Waals surface area contributed by atoms with E-state index < -0.39 is 23.3 Å². The van der Waals surface area contributed by atoms with Crippen LogP contribution in [0.5, 0.6) is 6.01 Å². The molecule has 12 heteroatoms. The summed E-state index contributed by atoms with van der Waals surface area (Å²) < 4.78 is 53.6. The number of pyridine rings is 1.